The molecule has 0 unspecified atom stereocenters. The SMILES string of the molecule is O=C(c1ccc(F)cc1F)N1CCN(c2ccnc(N3CCCCC3)n2)CC1. The van der Waals surface area contributed by atoms with Crippen molar-refractivity contribution in [3.05, 3.63) is 47.7 Å². The molecule has 0 spiro atoms. The van der Waals surface area contributed by atoms with Crippen molar-refractivity contribution in [2.24, 2.45) is 0 Å². The first-order valence-electron chi connectivity index (χ1n) is 9.69. The van der Waals surface area contributed by atoms with E-state index in [2.05, 4.69) is 14.8 Å². The summed E-state index contributed by atoms with van der Waals surface area (Å²) in [5.74, 6) is -0.324. The van der Waals surface area contributed by atoms with Crippen molar-refractivity contribution < 1.29 is 13.6 Å². The highest BCUT2D eigenvalue weighted by molar-refractivity contribution is 5.94. The topological polar surface area (TPSA) is 52.6 Å². The van der Waals surface area contributed by atoms with Crippen molar-refractivity contribution in [2.45, 2.75) is 19.3 Å². The van der Waals surface area contributed by atoms with Crippen LogP contribution in [0.3, 0.4) is 0 Å². The lowest BCUT2D eigenvalue weighted by molar-refractivity contribution is 0.0741. The number of rotatable bonds is 3. The van der Waals surface area contributed by atoms with E-state index in [1.807, 2.05) is 6.07 Å². The molecule has 0 aliphatic carbocycles. The van der Waals surface area contributed by atoms with Gasteiger partial charge in [-0.2, -0.15) is 4.98 Å². The van der Waals surface area contributed by atoms with Crippen molar-refractivity contribution >= 4 is 17.7 Å². The molecule has 3 heterocycles. The van der Waals surface area contributed by atoms with Crippen molar-refractivity contribution in [3.63, 3.8) is 0 Å². The Hall–Kier alpha value is -2.77. The number of aromatic nitrogens is 2. The van der Waals surface area contributed by atoms with Gasteiger partial charge >= 0.3 is 0 Å². The van der Waals surface area contributed by atoms with Crippen LogP contribution in [0.25, 0.3) is 0 Å². The largest absolute Gasteiger partial charge is 0.353 e. The molecular formula is C20H23F2N5O. The standard InChI is InChI=1S/C20H23F2N5O/c21-15-4-5-16(17(22)14-15)19(28)26-12-10-25(11-13-26)18-6-7-23-20(24-18)27-8-2-1-3-9-27/h4-7,14H,1-3,8-13H2. The summed E-state index contributed by atoms with van der Waals surface area (Å²) in [5.41, 5.74) is -0.0933. The molecule has 2 aliphatic heterocycles. The molecule has 28 heavy (non-hydrogen) atoms. The molecule has 2 aliphatic rings. The minimum atomic E-state index is -0.825. The molecule has 0 saturated carbocycles. The molecule has 148 valence electrons. The van der Waals surface area contributed by atoms with E-state index < -0.39 is 17.5 Å². The summed E-state index contributed by atoms with van der Waals surface area (Å²) < 4.78 is 27.0. The van der Waals surface area contributed by atoms with Crippen molar-refractivity contribution in [3.8, 4) is 0 Å². The Kier molecular flexibility index (Phi) is 5.36. The van der Waals surface area contributed by atoms with Crippen molar-refractivity contribution in [1.29, 1.82) is 0 Å². The molecule has 2 aromatic rings. The average molecular weight is 387 g/mol. The molecule has 4 rings (SSSR count). The van der Waals surface area contributed by atoms with Gasteiger partial charge in [0.25, 0.3) is 5.91 Å². The first kappa shape index (κ1) is 18.6. The Morgan fingerprint density at radius 2 is 1.64 bits per heavy atom. The maximum absolute atomic E-state index is 13.9. The van der Waals surface area contributed by atoms with E-state index in [-0.39, 0.29) is 5.56 Å². The van der Waals surface area contributed by atoms with E-state index in [9.17, 15) is 13.6 Å². The lowest BCUT2D eigenvalue weighted by Crippen LogP contribution is -2.49. The third kappa shape index (κ3) is 3.90. The van der Waals surface area contributed by atoms with Crippen LogP contribution in [0.15, 0.2) is 30.5 Å². The van der Waals surface area contributed by atoms with Crippen LogP contribution in [0.2, 0.25) is 0 Å². The van der Waals surface area contributed by atoms with Crippen LogP contribution in [0.5, 0.6) is 0 Å². The minimum absolute atomic E-state index is 0.0933. The molecule has 0 atom stereocenters. The molecule has 1 aromatic heterocycles. The van der Waals surface area contributed by atoms with E-state index in [1.54, 1.807) is 11.1 Å². The predicted molar refractivity (Wildman–Crippen MR) is 103 cm³/mol. The predicted octanol–water partition coefficient (Wildman–Crippen LogP) is 2.71. The number of carbonyl (C=O) groups excluding carboxylic acids is 1. The first-order chi connectivity index (χ1) is 13.6. The van der Waals surface area contributed by atoms with Gasteiger partial charge in [0, 0.05) is 51.5 Å². The number of hydrogen-bond donors (Lipinski definition) is 0. The van der Waals surface area contributed by atoms with Gasteiger partial charge in [0.1, 0.15) is 17.5 Å². The van der Waals surface area contributed by atoms with Gasteiger partial charge in [-0.05, 0) is 37.5 Å². The second-order valence-corrected chi connectivity index (χ2v) is 7.17. The summed E-state index contributed by atoms with van der Waals surface area (Å²) in [7, 11) is 0. The van der Waals surface area contributed by atoms with Crippen LogP contribution in [0.1, 0.15) is 29.6 Å². The van der Waals surface area contributed by atoms with Gasteiger partial charge in [0.05, 0.1) is 5.56 Å². The Morgan fingerprint density at radius 1 is 0.893 bits per heavy atom. The zero-order chi connectivity index (χ0) is 19.5. The molecule has 0 N–H and O–H groups in total. The van der Waals surface area contributed by atoms with Crippen LogP contribution >= 0.6 is 0 Å². The molecule has 6 nitrogen and oxygen atoms in total. The molecular weight excluding hydrogens is 364 g/mol. The molecule has 8 heteroatoms. The fourth-order valence-electron chi connectivity index (χ4n) is 3.73. The van der Waals surface area contributed by atoms with E-state index in [0.29, 0.717) is 26.2 Å². The lowest BCUT2D eigenvalue weighted by Gasteiger charge is -2.36. The number of carbonyl (C=O) groups is 1. The fourth-order valence-corrected chi connectivity index (χ4v) is 3.73. The summed E-state index contributed by atoms with van der Waals surface area (Å²) in [6.45, 7) is 4.08. The summed E-state index contributed by atoms with van der Waals surface area (Å²) in [5, 5.41) is 0. The fraction of sp³-hybridized carbons (Fsp3) is 0.450. The lowest BCUT2D eigenvalue weighted by atomic mass is 10.1. The molecule has 1 amide bonds. The van der Waals surface area contributed by atoms with Crippen LogP contribution < -0.4 is 9.80 Å². The maximum Gasteiger partial charge on any atom is 0.256 e. The smallest absolute Gasteiger partial charge is 0.256 e. The Balaban J connectivity index is 1.40. The van der Waals surface area contributed by atoms with E-state index in [1.165, 1.54) is 12.5 Å². The van der Waals surface area contributed by atoms with Gasteiger partial charge in [-0.1, -0.05) is 0 Å². The molecule has 1 aromatic carbocycles. The van der Waals surface area contributed by atoms with E-state index >= 15 is 0 Å². The van der Waals surface area contributed by atoms with Gasteiger partial charge < -0.3 is 14.7 Å². The minimum Gasteiger partial charge on any atom is -0.353 e. The highest BCUT2D eigenvalue weighted by Gasteiger charge is 2.25. The van der Waals surface area contributed by atoms with Gasteiger partial charge in [0.15, 0.2) is 0 Å². The van der Waals surface area contributed by atoms with Crippen LogP contribution in [-0.4, -0.2) is 60.0 Å². The average Bonchev–Trinajstić information content (AvgIpc) is 2.74. The maximum atomic E-state index is 13.9. The first-order valence-corrected chi connectivity index (χ1v) is 9.69. The second-order valence-electron chi connectivity index (χ2n) is 7.17. The molecule has 0 radical (unpaired) electrons. The number of piperazine rings is 1. The number of hydrogen-bond acceptors (Lipinski definition) is 5. The number of amides is 1. The quantitative estimate of drug-likeness (QED) is 0.811. The van der Waals surface area contributed by atoms with Crippen molar-refractivity contribution in [2.75, 3.05) is 49.1 Å². The number of halogens is 2. The van der Waals surface area contributed by atoms with Crippen LogP contribution in [-0.2, 0) is 0 Å². The zero-order valence-electron chi connectivity index (χ0n) is 15.7. The van der Waals surface area contributed by atoms with Gasteiger partial charge in [-0.25, -0.2) is 13.8 Å². The van der Waals surface area contributed by atoms with E-state index in [0.717, 1.165) is 49.8 Å². The second kappa shape index (κ2) is 8.08. The third-order valence-corrected chi connectivity index (χ3v) is 5.32. The van der Waals surface area contributed by atoms with Crippen LogP contribution in [0.4, 0.5) is 20.5 Å². The summed E-state index contributed by atoms with van der Waals surface area (Å²) in [6.07, 6.45) is 5.35. The summed E-state index contributed by atoms with van der Waals surface area (Å²) >= 11 is 0. The Labute approximate surface area is 162 Å². The van der Waals surface area contributed by atoms with Gasteiger partial charge in [0.2, 0.25) is 5.95 Å². The Morgan fingerprint density at radius 3 is 2.36 bits per heavy atom. The summed E-state index contributed by atoms with van der Waals surface area (Å²) in [4.78, 5) is 27.6. The molecule has 2 fully saturated rings. The normalized spacial score (nSPS) is 17.7. The zero-order valence-corrected chi connectivity index (χ0v) is 15.7. The van der Waals surface area contributed by atoms with Gasteiger partial charge in [-0.15, -0.1) is 0 Å². The third-order valence-electron chi connectivity index (χ3n) is 5.32. The monoisotopic (exact) mass is 387 g/mol. The molecule has 2 saturated heterocycles. The highest BCUT2D eigenvalue weighted by Crippen LogP contribution is 2.21. The number of benzene rings is 1. The van der Waals surface area contributed by atoms with Gasteiger partial charge in [-0.3, -0.25) is 4.79 Å². The van der Waals surface area contributed by atoms with Crippen LogP contribution in [0, 0.1) is 11.6 Å². The van der Waals surface area contributed by atoms with Crippen molar-refractivity contribution in [1.82, 2.24) is 14.9 Å². The van der Waals surface area contributed by atoms with E-state index in [4.69, 9.17) is 4.98 Å². The number of piperidine rings is 1. The number of anilines is 2. The molecule has 0 bridgehead atoms. The number of nitrogens with zero attached hydrogens (tertiary/aromatic N) is 5. The highest BCUT2D eigenvalue weighted by atomic mass is 19.1. The Bertz CT molecular complexity index is 848. The summed E-state index contributed by atoms with van der Waals surface area (Å²) in [6, 6.07) is 4.93.